The molecule has 0 unspecified atom stereocenters. The molecule has 0 radical (unpaired) electrons. The fourth-order valence-corrected chi connectivity index (χ4v) is 1.77. The third kappa shape index (κ3) is 2.64. The Morgan fingerprint density at radius 3 is 2.19 bits per heavy atom. The van der Waals surface area contributed by atoms with Gasteiger partial charge in [0.2, 0.25) is 5.76 Å². The number of hydrogen-bond donors (Lipinski definition) is 2. The number of nitrogens with zero attached hydrogens (tertiary/aromatic N) is 1. The molecule has 0 aliphatic rings. The van der Waals surface area contributed by atoms with E-state index in [0.717, 1.165) is 0 Å². The molecule has 0 amide bonds. The Bertz CT molecular complexity index is 705. The molecule has 0 saturated heterocycles. The molecule has 0 atom stereocenters. The van der Waals surface area contributed by atoms with Crippen molar-refractivity contribution in [3.05, 3.63) is 29.5 Å². The largest absolute Gasteiger partial charge is 0.496 e. The van der Waals surface area contributed by atoms with E-state index in [2.05, 4.69) is 9.68 Å². The third-order valence-corrected chi connectivity index (χ3v) is 2.75. The average molecular weight is 293 g/mol. The van der Waals surface area contributed by atoms with Gasteiger partial charge in [-0.25, -0.2) is 9.59 Å². The maximum absolute atomic E-state index is 11.2. The molecule has 0 saturated carbocycles. The predicted molar refractivity (Wildman–Crippen MR) is 69.0 cm³/mol. The minimum atomic E-state index is -1.28. The number of aromatic nitrogens is 1. The highest BCUT2D eigenvalue weighted by Crippen LogP contribution is 2.35. The van der Waals surface area contributed by atoms with E-state index in [4.69, 9.17) is 19.7 Å². The summed E-state index contributed by atoms with van der Waals surface area (Å²) >= 11 is 0. The van der Waals surface area contributed by atoms with E-state index >= 15 is 0 Å². The van der Waals surface area contributed by atoms with Crippen molar-refractivity contribution in [3.8, 4) is 22.8 Å². The number of methoxy groups -OCH3 is 2. The van der Waals surface area contributed by atoms with Gasteiger partial charge in [-0.15, -0.1) is 0 Å². The van der Waals surface area contributed by atoms with Crippen LogP contribution < -0.4 is 9.47 Å². The van der Waals surface area contributed by atoms with Crippen LogP contribution in [0.1, 0.15) is 20.9 Å². The van der Waals surface area contributed by atoms with Crippen LogP contribution in [0.3, 0.4) is 0 Å². The van der Waals surface area contributed by atoms with Crippen molar-refractivity contribution in [2.75, 3.05) is 14.2 Å². The van der Waals surface area contributed by atoms with Crippen LogP contribution in [0, 0.1) is 0 Å². The number of hydrogen-bond acceptors (Lipinski definition) is 6. The third-order valence-electron chi connectivity index (χ3n) is 2.75. The highest BCUT2D eigenvalue weighted by atomic mass is 16.5. The van der Waals surface area contributed by atoms with Gasteiger partial charge in [-0.05, 0) is 6.07 Å². The van der Waals surface area contributed by atoms with Crippen LogP contribution >= 0.6 is 0 Å². The van der Waals surface area contributed by atoms with Gasteiger partial charge in [0.1, 0.15) is 22.8 Å². The van der Waals surface area contributed by atoms with Gasteiger partial charge in [0.25, 0.3) is 0 Å². The molecule has 0 bridgehead atoms. The smallest absolute Gasteiger partial charge is 0.374 e. The van der Waals surface area contributed by atoms with Crippen LogP contribution in [-0.4, -0.2) is 41.5 Å². The minimum Gasteiger partial charge on any atom is -0.496 e. The lowest BCUT2D eigenvalue weighted by molar-refractivity contribution is 0.0649. The molecule has 110 valence electrons. The van der Waals surface area contributed by atoms with Crippen LogP contribution in [-0.2, 0) is 0 Å². The first-order valence-electron chi connectivity index (χ1n) is 5.67. The standard InChI is InChI=1S/C13H11NO7/c1-19-9-5-10(20-2)7(12(15)16)3-6(9)8-4-11(13(17)18)21-14-8/h3-5H,1-2H3,(H,15,16)(H,17,18). The van der Waals surface area contributed by atoms with E-state index < -0.39 is 11.9 Å². The lowest BCUT2D eigenvalue weighted by Crippen LogP contribution is -2.02. The fourth-order valence-electron chi connectivity index (χ4n) is 1.77. The molecule has 2 rings (SSSR count). The van der Waals surface area contributed by atoms with Crippen LogP contribution in [0.15, 0.2) is 22.7 Å². The summed E-state index contributed by atoms with van der Waals surface area (Å²) in [6.07, 6.45) is 0. The molecular formula is C13H11NO7. The topological polar surface area (TPSA) is 119 Å². The molecule has 8 nitrogen and oxygen atoms in total. The van der Waals surface area contributed by atoms with Crippen LogP contribution in [0.2, 0.25) is 0 Å². The number of carbonyl (C=O) groups is 2. The van der Waals surface area contributed by atoms with Gasteiger partial charge in [0, 0.05) is 17.7 Å². The predicted octanol–water partition coefficient (Wildman–Crippen LogP) is 1.76. The van der Waals surface area contributed by atoms with Crippen LogP contribution in [0.25, 0.3) is 11.3 Å². The Morgan fingerprint density at radius 2 is 1.71 bits per heavy atom. The molecule has 2 aromatic rings. The van der Waals surface area contributed by atoms with E-state index in [-0.39, 0.29) is 34.1 Å². The van der Waals surface area contributed by atoms with Gasteiger partial charge in [-0.1, -0.05) is 5.16 Å². The van der Waals surface area contributed by atoms with Crippen LogP contribution in [0.4, 0.5) is 0 Å². The second kappa shape index (κ2) is 5.53. The Balaban J connectivity index is 2.62. The Hall–Kier alpha value is -3.03. The molecule has 0 aliphatic carbocycles. The molecular weight excluding hydrogens is 282 g/mol. The highest BCUT2D eigenvalue weighted by Gasteiger charge is 2.20. The quantitative estimate of drug-likeness (QED) is 0.855. The summed E-state index contributed by atoms with van der Waals surface area (Å²) in [5, 5.41) is 21.6. The first-order valence-corrected chi connectivity index (χ1v) is 5.67. The zero-order chi connectivity index (χ0) is 15.6. The van der Waals surface area contributed by atoms with Gasteiger partial charge in [0.15, 0.2) is 0 Å². The summed E-state index contributed by atoms with van der Waals surface area (Å²) in [5.41, 5.74) is 0.328. The van der Waals surface area contributed by atoms with Crippen molar-refractivity contribution in [2.24, 2.45) is 0 Å². The maximum Gasteiger partial charge on any atom is 0.374 e. The Kier molecular flexibility index (Phi) is 3.79. The maximum atomic E-state index is 11.2. The lowest BCUT2D eigenvalue weighted by atomic mass is 10.1. The summed E-state index contributed by atoms with van der Waals surface area (Å²) in [7, 11) is 2.72. The summed E-state index contributed by atoms with van der Waals surface area (Å²) in [4.78, 5) is 22.0. The lowest BCUT2D eigenvalue weighted by Gasteiger charge is -2.11. The molecule has 0 spiro atoms. The molecule has 8 heteroatoms. The highest BCUT2D eigenvalue weighted by molar-refractivity contribution is 5.94. The van der Waals surface area contributed by atoms with E-state index in [0.29, 0.717) is 0 Å². The van der Waals surface area contributed by atoms with Crippen molar-refractivity contribution in [1.29, 1.82) is 0 Å². The second-order valence-corrected chi connectivity index (χ2v) is 3.94. The van der Waals surface area contributed by atoms with E-state index in [1.54, 1.807) is 0 Å². The minimum absolute atomic E-state index is 0.104. The molecule has 21 heavy (non-hydrogen) atoms. The van der Waals surface area contributed by atoms with Crippen LogP contribution in [0.5, 0.6) is 11.5 Å². The van der Waals surface area contributed by atoms with E-state index in [9.17, 15) is 9.59 Å². The molecule has 0 fully saturated rings. The van der Waals surface area contributed by atoms with Crippen molar-refractivity contribution in [1.82, 2.24) is 5.16 Å². The molecule has 1 aromatic heterocycles. The molecule has 1 aromatic carbocycles. The molecule has 2 N–H and O–H groups in total. The fraction of sp³-hybridized carbons (Fsp3) is 0.154. The average Bonchev–Trinajstić information content (AvgIpc) is 2.95. The second-order valence-electron chi connectivity index (χ2n) is 3.94. The van der Waals surface area contributed by atoms with Gasteiger partial charge in [0.05, 0.1) is 14.2 Å². The van der Waals surface area contributed by atoms with Crippen molar-refractivity contribution >= 4 is 11.9 Å². The van der Waals surface area contributed by atoms with E-state index in [1.165, 1.54) is 32.4 Å². The summed E-state index contributed by atoms with van der Waals surface area (Å²) < 4.78 is 14.8. The number of aromatic carboxylic acids is 2. The SMILES string of the molecule is COc1cc(OC)c(-c2cc(C(=O)O)on2)cc1C(=O)O. The van der Waals surface area contributed by atoms with E-state index in [1.807, 2.05) is 0 Å². The monoisotopic (exact) mass is 293 g/mol. The van der Waals surface area contributed by atoms with Gasteiger partial charge in [-0.3, -0.25) is 0 Å². The zero-order valence-electron chi connectivity index (χ0n) is 11.1. The number of rotatable bonds is 5. The van der Waals surface area contributed by atoms with Crippen molar-refractivity contribution in [2.45, 2.75) is 0 Å². The summed E-state index contributed by atoms with van der Waals surface area (Å²) in [6, 6.07) is 3.84. The van der Waals surface area contributed by atoms with Gasteiger partial charge < -0.3 is 24.2 Å². The number of ether oxygens (including phenoxy) is 2. The summed E-state index contributed by atoms with van der Waals surface area (Å²) in [5.74, 6) is -2.44. The van der Waals surface area contributed by atoms with Gasteiger partial charge >= 0.3 is 11.9 Å². The zero-order valence-corrected chi connectivity index (χ0v) is 11.1. The van der Waals surface area contributed by atoms with Crippen molar-refractivity contribution < 1.29 is 33.8 Å². The molecule has 0 aliphatic heterocycles. The first-order chi connectivity index (χ1) is 9.97. The number of carboxylic acid groups (broad SMARTS) is 2. The van der Waals surface area contributed by atoms with Crippen molar-refractivity contribution in [3.63, 3.8) is 0 Å². The Morgan fingerprint density at radius 1 is 1.05 bits per heavy atom. The Labute approximate surface area is 118 Å². The van der Waals surface area contributed by atoms with Gasteiger partial charge in [-0.2, -0.15) is 0 Å². The normalized spacial score (nSPS) is 10.2. The molecule has 1 heterocycles. The number of benzene rings is 1. The summed E-state index contributed by atoms with van der Waals surface area (Å²) in [6.45, 7) is 0. The number of carboxylic acids is 2. The first kappa shape index (κ1) is 14.4.